The van der Waals surface area contributed by atoms with Crippen LogP contribution in [0.5, 0.6) is 0 Å². The highest BCUT2D eigenvalue weighted by atomic mass is 19.4. The van der Waals surface area contributed by atoms with E-state index in [0.717, 1.165) is 6.20 Å². The van der Waals surface area contributed by atoms with E-state index >= 15 is 0 Å². The van der Waals surface area contributed by atoms with Crippen LogP contribution in [0.4, 0.5) is 13.2 Å². The molecule has 142 valence electrons. The number of nitrogens with zero attached hydrogens (tertiary/aromatic N) is 2. The third kappa shape index (κ3) is 3.60. The Morgan fingerprint density at radius 3 is 2.39 bits per heavy atom. The molecule has 3 aromatic rings. The quantitative estimate of drug-likeness (QED) is 0.500. The lowest BCUT2D eigenvalue weighted by Crippen LogP contribution is -2.22. The summed E-state index contributed by atoms with van der Waals surface area (Å²) >= 11 is 0. The summed E-state index contributed by atoms with van der Waals surface area (Å²) < 4.78 is 45.1. The lowest BCUT2D eigenvalue weighted by Gasteiger charge is -2.07. The number of carbonyl (C=O) groups is 2. The van der Waals surface area contributed by atoms with Gasteiger partial charge in [-0.2, -0.15) is 18.4 Å². The first-order valence-electron chi connectivity index (χ1n) is 8.06. The first-order chi connectivity index (χ1) is 13.2. The summed E-state index contributed by atoms with van der Waals surface area (Å²) in [5, 5.41) is 8.95. The first kappa shape index (κ1) is 19.2. The molecule has 5 nitrogen and oxygen atoms in total. The molecule has 0 spiro atoms. The standard InChI is InChI=1S/C20H13F3N2O3/c1-28-19(27)14-6-7-15-16(18(26)20(21,22)23)11-25(17(15)8-14)10-13-4-2-12(9-24)3-5-13/h2-8,11H,10H2,1H3. The van der Waals surface area contributed by atoms with E-state index in [9.17, 15) is 22.8 Å². The van der Waals surface area contributed by atoms with Crippen LogP contribution >= 0.6 is 0 Å². The van der Waals surface area contributed by atoms with E-state index in [1.54, 1.807) is 24.3 Å². The van der Waals surface area contributed by atoms with Crippen molar-refractivity contribution in [2.24, 2.45) is 0 Å². The third-order valence-electron chi connectivity index (χ3n) is 4.24. The molecule has 0 bridgehead atoms. The van der Waals surface area contributed by atoms with Crippen LogP contribution in [-0.4, -0.2) is 29.6 Å². The lowest BCUT2D eigenvalue weighted by molar-refractivity contribution is -0.0884. The minimum atomic E-state index is -5.02. The Bertz CT molecular complexity index is 1110. The van der Waals surface area contributed by atoms with E-state index in [1.165, 1.54) is 29.9 Å². The summed E-state index contributed by atoms with van der Waals surface area (Å²) in [5.74, 6) is -2.60. The van der Waals surface area contributed by atoms with Crippen molar-refractivity contribution in [2.45, 2.75) is 12.7 Å². The highest BCUT2D eigenvalue weighted by molar-refractivity contribution is 6.11. The fraction of sp³-hybridized carbons (Fsp3) is 0.150. The average Bonchev–Trinajstić information content (AvgIpc) is 3.04. The second-order valence-corrected chi connectivity index (χ2v) is 6.03. The predicted molar refractivity (Wildman–Crippen MR) is 93.9 cm³/mol. The third-order valence-corrected chi connectivity index (χ3v) is 4.24. The van der Waals surface area contributed by atoms with Crippen LogP contribution in [0.25, 0.3) is 10.9 Å². The molecule has 0 amide bonds. The van der Waals surface area contributed by atoms with Gasteiger partial charge >= 0.3 is 12.1 Å². The van der Waals surface area contributed by atoms with E-state index in [-0.39, 0.29) is 17.5 Å². The first-order valence-corrected chi connectivity index (χ1v) is 8.06. The Hall–Kier alpha value is -3.60. The summed E-state index contributed by atoms with van der Waals surface area (Å²) in [6.07, 6.45) is -3.89. The van der Waals surface area contributed by atoms with Crippen molar-refractivity contribution in [1.82, 2.24) is 4.57 Å². The fourth-order valence-electron chi connectivity index (χ4n) is 2.88. The minimum absolute atomic E-state index is 0.0867. The van der Waals surface area contributed by atoms with Crippen molar-refractivity contribution >= 4 is 22.7 Å². The molecule has 0 aliphatic rings. The summed E-state index contributed by atoms with van der Waals surface area (Å²) in [4.78, 5) is 23.6. The van der Waals surface area contributed by atoms with Crippen LogP contribution in [0.15, 0.2) is 48.7 Å². The zero-order valence-electron chi connectivity index (χ0n) is 14.6. The van der Waals surface area contributed by atoms with Crippen molar-refractivity contribution in [3.8, 4) is 6.07 Å². The zero-order valence-corrected chi connectivity index (χ0v) is 14.6. The van der Waals surface area contributed by atoms with Gasteiger partial charge in [-0.15, -0.1) is 0 Å². The van der Waals surface area contributed by atoms with Crippen LogP contribution in [0.1, 0.15) is 31.8 Å². The molecule has 0 radical (unpaired) electrons. The number of methoxy groups -OCH3 is 1. The molecule has 0 aliphatic heterocycles. The van der Waals surface area contributed by atoms with Gasteiger partial charge in [-0.1, -0.05) is 18.2 Å². The van der Waals surface area contributed by atoms with Gasteiger partial charge in [0.2, 0.25) is 0 Å². The number of fused-ring (bicyclic) bond motifs is 1. The Morgan fingerprint density at radius 1 is 1.14 bits per heavy atom. The molecule has 0 saturated heterocycles. The number of carbonyl (C=O) groups excluding carboxylic acids is 2. The smallest absolute Gasteiger partial charge is 0.454 e. The van der Waals surface area contributed by atoms with E-state index in [2.05, 4.69) is 4.74 Å². The Morgan fingerprint density at radius 2 is 1.82 bits per heavy atom. The Labute approximate surface area is 157 Å². The molecule has 0 N–H and O–H groups in total. The number of esters is 1. The van der Waals surface area contributed by atoms with Crippen molar-refractivity contribution in [3.05, 3.63) is 70.9 Å². The number of Topliss-reactive ketones (excluding diaryl/α,β-unsaturated/α-hetero) is 1. The van der Waals surface area contributed by atoms with Gasteiger partial charge in [0.25, 0.3) is 5.78 Å². The Kier molecular flexibility index (Phi) is 4.92. The summed E-state index contributed by atoms with van der Waals surface area (Å²) in [6, 6.07) is 12.5. The van der Waals surface area contributed by atoms with Gasteiger partial charge in [-0.25, -0.2) is 4.79 Å². The van der Waals surface area contributed by atoms with Crippen molar-refractivity contribution < 1.29 is 27.5 Å². The number of ketones is 1. The van der Waals surface area contributed by atoms with Crippen LogP contribution in [0, 0.1) is 11.3 Å². The molecule has 3 rings (SSSR count). The van der Waals surface area contributed by atoms with Gasteiger partial charge in [0.1, 0.15) is 0 Å². The molecule has 0 fully saturated rings. The van der Waals surface area contributed by atoms with Gasteiger partial charge in [0.15, 0.2) is 0 Å². The van der Waals surface area contributed by atoms with Crippen molar-refractivity contribution in [1.29, 1.82) is 5.26 Å². The summed E-state index contributed by atoms with van der Waals surface area (Å²) in [6.45, 7) is 0.151. The number of hydrogen-bond acceptors (Lipinski definition) is 4. The monoisotopic (exact) mass is 386 g/mol. The number of hydrogen-bond donors (Lipinski definition) is 0. The maximum Gasteiger partial charge on any atom is 0.454 e. The van der Waals surface area contributed by atoms with Gasteiger partial charge in [-0.05, 0) is 29.8 Å². The topological polar surface area (TPSA) is 72.1 Å². The SMILES string of the molecule is COC(=O)c1ccc2c(C(=O)C(F)(F)F)cn(Cc3ccc(C#N)cc3)c2c1. The number of aromatic nitrogens is 1. The average molecular weight is 386 g/mol. The predicted octanol–water partition coefficient (Wildman–Crippen LogP) is 4.09. The highest BCUT2D eigenvalue weighted by Crippen LogP contribution is 2.30. The van der Waals surface area contributed by atoms with Crippen molar-refractivity contribution in [3.63, 3.8) is 0 Å². The number of rotatable bonds is 4. The van der Waals surface area contributed by atoms with Crippen LogP contribution < -0.4 is 0 Å². The van der Waals surface area contributed by atoms with E-state index in [1.807, 2.05) is 6.07 Å². The molecular formula is C20H13F3N2O3. The van der Waals surface area contributed by atoms with E-state index in [0.29, 0.717) is 16.6 Å². The van der Waals surface area contributed by atoms with Crippen LogP contribution in [0.2, 0.25) is 0 Å². The Balaban J connectivity index is 2.14. The van der Waals surface area contributed by atoms with Gasteiger partial charge < -0.3 is 9.30 Å². The number of benzene rings is 2. The summed E-state index contributed by atoms with van der Waals surface area (Å²) in [7, 11) is 1.20. The van der Waals surface area contributed by atoms with Crippen molar-refractivity contribution in [2.75, 3.05) is 7.11 Å². The fourth-order valence-corrected chi connectivity index (χ4v) is 2.88. The maximum absolute atomic E-state index is 13.0. The molecule has 0 aliphatic carbocycles. The molecule has 28 heavy (non-hydrogen) atoms. The van der Waals surface area contributed by atoms with Gasteiger partial charge in [-0.3, -0.25) is 4.79 Å². The molecule has 0 saturated carbocycles. The number of halogens is 3. The van der Waals surface area contributed by atoms with E-state index in [4.69, 9.17) is 5.26 Å². The number of nitriles is 1. The molecular weight excluding hydrogens is 373 g/mol. The van der Waals surface area contributed by atoms with Gasteiger partial charge in [0, 0.05) is 23.6 Å². The van der Waals surface area contributed by atoms with Crippen LogP contribution in [0.3, 0.4) is 0 Å². The molecule has 8 heteroatoms. The second kappa shape index (κ2) is 7.19. The molecule has 1 heterocycles. The molecule has 2 aromatic carbocycles. The molecule has 1 aromatic heterocycles. The van der Waals surface area contributed by atoms with Gasteiger partial charge in [0.05, 0.1) is 29.9 Å². The largest absolute Gasteiger partial charge is 0.465 e. The zero-order chi connectivity index (χ0) is 20.5. The van der Waals surface area contributed by atoms with Crippen LogP contribution in [-0.2, 0) is 11.3 Å². The normalized spacial score (nSPS) is 11.2. The number of alkyl halides is 3. The number of ether oxygens (including phenoxy) is 1. The van der Waals surface area contributed by atoms with E-state index < -0.39 is 23.5 Å². The summed E-state index contributed by atoms with van der Waals surface area (Å²) in [5.41, 5.74) is 1.11. The molecule has 0 atom stereocenters. The maximum atomic E-state index is 13.0. The lowest BCUT2D eigenvalue weighted by atomic mass is 10.1. The highest BCUT2D eigenvalue weighted by Gasteiger charge is 2.40. The molecule has 0 unspecified atom stereocenters. The minimum Gasteiger partial charge on any atom is -0.465 e. The second-order valence-electron chi connectivity index (χ2n) is 6.03.